The van der Waals surface area contributed by atoms with Gasteiger partial charge in [0.05, 0.1) is 19.8 Å². The standard InChI is InChI=1S/C6H14O5P/c1-2-10-12(8)11-6-5-9-4-3-7/h7H,2-6H2,1H3/q+1. The van der Waals surface area contributed by atoms with Crippen LogP contribution < -0.4 is 0 Å². The number of hydrogen-bond acceptors (Lipinski definition) is 5. The van der Waals surface area contributed by atoms with Gasteiger partial charge < -0.3 is 9.84 Å². The normalized spacial score (nSPS) is 11.7. The molecule has 6 heteroatoms. The zero-order valence-electron chi connectivity index (χ0n) is 7.06. The van der Waals surface area contributed by atoms with Gasteiger partial charge in [-0.15, -0.1) is 9.05 Å². The molecule has 0 saturated heterocycles. The van der Waals surface area contributed by atoms with E-state index in [0.717, 1.165) is 0 Å². The lowest BCUT2D eigenvalue weighted by molar-refractivity contribution is 0.0680. The van der Waals surface area contributed by atoms with Crippen LogP contribution in [0.3, 0.4) is 0 Å². The molecule has 0 aliphatic carbocycles. The van der Waals surface area contributed by atoms with Crippen molar-refractivity contribution in [1.82, 2.24) is 0 Å². The van der Waals surface area contributed by atoms with E-state index in [4.69, 9.17) is 14.4 Å². The highest BCUT2D eigenvalue weighted by atomic mass is 31.1. The lowest BCUT2D eigenvalue weighted by Gasteiger charge is -1.96. The number of aliphatic hydroxyl groups excluding tert-OH is 1. The summed E-state index contributed by atoms with van der Waals surface area (Å²) in [7, 11) is -1.99. The average molecular weight is 197 g/mol. The van der Waals surface area contributed by atoms with Crippen molar-refractivity contribution in [3.05, 3.63) is 0 Å². The van der Waals surface area contributed by atoms with Crippen LogP contribution >= 0.6 is 8.25 Å². The summed E-state index contributed by atoms with van der Waals surface area (Å²) in [6.07, 6.45) is 0. The number of ether oxygens (including phenoxy) is 1. The van der Waals surface area contributed by atoms with Crippen molar-refractivity contribution >= 4 is 8.25 Å². The largest absolute Gasteiger partial charge is 0.697 e. The molecule has 0 aromatic heterocycles. The maximum absolute atomic E-state index is 10.7. The second-order valence-corrected chi connectivity index (χ2v) is 2.77. The van der Waals surface area contributed by atoms with Crippen molar-refractivity contribution in [2.45, 2.75) is 6.92 Å². The Hall–Kier alpha value is -0.0600. The van der Waals surface area contributed by atoms with Crippen LogP contribution in [0.1, 0.15) is 6.92 Å². The zero-order valence-corrected chi connectivity index (χ0v) is 7.96. The Labute approximate surface area is 72.6 Å². The van der Waals surface area contributed by atoms with Gasteiger partial charge in [0, 0.05) is 4.57 Å². The molecule has 0 aromatic carbocycles. The Bertz CT molecular complexity index is 119. The van der Waals surface area contributed by atoms with Crippen molar-refractivity contribution in [3.63, 3.8) is 0 Å². The van der Waals surface area contributed by atoms with Gasteiger partial charge in [-0.1, -0.05) is 0 Å². The van der Waals surface area contributed by atoms with Gasteiger partial charge in [0.2, 0.25) is 0 Å². The average Bonchev–Trinajstić information content (AvgIpc) is 2.05. The van der Waals surface area contributed by atoms with Crippen LogP contribution in [0, 0.1) is 0 Å². The molecule has 0 fully saturated rings. The fourth-order valence-corrected chi connectivity index (χ4v) is 0.989. The van der Waals surface area contributed by atoms with Crippen LogP contribution in [0.4, 0.5) is 0 Å². The molecule has 0 radical (unpaired) electrons. The van der Waals surface area contributed by atoms with Gasteiger partial charge in [-0.05, 0) is 6.92 Å². The third-order valence-corrected chi connectivity index (χ3v) is 1.76. The van der Waals surface area contributed by atoms with Crippen LogP contribution in [0.15, 0.2) is 0 Å². The summed E-state index contributed by atoms with van der Waals surface area (Å²) in [5, 5.41) is 8.31. The molecule has 0 aromatic rings. The van der Waals surface area contributed by atoms with E-state index >= 15 is 0 Å². The summed E-state index contributed by atoms with van der Waals surface area (Å²) in [5.74, 6) is 0. The van der Waals surface area contributed by atoms with Gasteiger partial charge >= 0.3 is 8.25 Å². The second-order valence-electron chi connectivity index (χ2n) is 1.81. The highest BCUT2D eigenvalue weighted by molar-refractivity contribution is 7.33. The van der Waals surface area contributed by atoms with E-state index in [1.807, 2.05) is 0 Å². The Kier molecular flexibility index (Phi) is 8.99. The monoisotopic (exact) mass is 197 g/mol. The van der Waals surface area contributed by atoms with Gasteiger partial charge in [-0.2, -0.15) is 0 Å². The third kappa shape index (κ3) is 8.04. The Morgan fingerprint density at radius 3 is 2.58 bits per heavy atom. The van der Waals surface area contributed by atoms with Gasteiger partial charge in [0.15, 0.2) is 0 Å². The minimum atomic E-state index is -1.99. The van der Waals surface area contributed by atoms with Crippen LogP contribution in [-0.2, 0) is 18.3 Å². The SMILES string of the molecule is CCO[P+](=O)OCCOCCO. The summed E-state index contributed by atoms with van der Waals surface area (Å²) in [4.78, 5) is 0. The van der Waals surface area contributed by atoms with E-state index in [1.165, 1.54) is 0 Å². The van der Waals surface area contributed by atoms with E-state index in [1.54, 1.807) is 6.92 Å². The molecule has 0 aliphatic heterocycles. The summed E-state index contributed by atoms with van der Waals surface area (Å²) in [6.45, 7) is 2.89. The molecule has 0 rings (SSSR count). The van der Waals surface area contributed by atoms with E-state index < -0.39 is 8.25 Å². The number of rotatable bonds is 8. The molecule has 5 nitrogen and oxygen atoms in total. The highest BCUT2D eigenvalue weighted by Crippen LogP contribution is 2.22. The Morgan fingerprint density at radius 1 is 1.25 bits per heavy atom. The summed E-state index contributed by atoms with van der Waals surface area (Å²) in [6, 6.07) is 0. The quantitative estimate of drug-likeness (QED) is 0.458. The predicted octanol–water partition coefficient (Wildman–Crippen LogP) is 0.706. The van der Waals surface area contributed by atoms with E-state index in [0.29, 0.717) is 13.2 Å². The van der Waals surface area contributed by atoms with Crippen molar-refractivity contribution in [1.29, 1.82) is 0 Å². The van der Waals surface area contributed by atoms with Crippen LogP contribution in [0.25, 0.3) is 0 Å². The van der Waals surface area contributed by atoms with E-state index in [2.05, 4.69) is 4.52 Å². The van der Waals surface area contributed by atoms with Crippen molar-refractivity contribution in [2.75, 3.05) is 33.0 Å². The maximum Gasteiger partial charge on any atom is 0.697 e. The first-order valence-electron chi connectivity index (χ1n) is 3.73. The van der Waals surface area contributed by atoms with Crippen LogP contribution in [0.2, 0.25) is 0 Å². The maximum atomic E-state index is 10.7. The summed E-state index contributed by atoms with van der Waals surface area (Å²) in [5.41, 5.74) is 0. The van der Waals surface area contributed by atoms with E-state index in [-0.39, 0.29) is 19.8 Å². The molecule has 0 spiro atoms. The van der Waals surface area contributed by atoms with Gasteiger partial charge in [-0.3, -0.25) is 0 Å². The minimum absolute atomic E-state index is 0.0163. The molecule has 0 saturated carbocycles. The first-order valence-corrected chi connectivity index (χ1v) is 4.82. The molecule has 12 heavy (non-hydrogen) atoms. The van der Waals surface area contributed by atoms with Gasteiger partial charge in [0.25, 0.3) is 0 Å². The zero-order chi connectivity index (χ0) is 9.23. The van der Waals surface area contributed by atoms with Crippen LogP contribution in [0.5, 0.6) is 0 Å². The number of hydrogen-bond donors (Lipinski definition) is 1. The first kappa shape index (κ1) is 11.9. The molecular formula is C6H14O5P+. The molecule has 0 amide bonds. The first-order chi connectivity index (χ1) is 5.81. The summed E-state index contributed by atoms with van der Waals surface area (Å²) >= 11 is 0. The topological polar surface area (TPSA) is 65.0 Å². The van der Waals surface area contributed by atoms with Crippen molar-refractivity contribution < 1.29 is 23.5 Å². The lowest BCUT2D eigenvalue weighted by atomic mass is 10.7. The Morgan fingerprint density at radius 2 is 2.00 bits per heavy atom. The minimum Gasteiger partial charge on any atom is -0.394 e. The number of aliphatic hydroxyl groups is 1. The fourth-order valence-electron chi connectivity index (χ4n) is 0.480. The van der Waals surface area contributed by atoms with Gasteiger partial charge in [0.1, 0.15) is 13.2 Å². The molecule has 1 unspecified atom stereocenters. The predicted molar refractivity (Wildman–Crippen MR) is 43.1 cm³/mol. The summed E-state index contributed by atoms with van der Waals surface area (Å²) < 4.78 is 24.9. The molecule has 0 aliphatic rings. The second kappa shape index (κ2) is 9.03. The smallest absolute Gasteiger partial charge is 0.394 e. The molecule has 0 bridgehead atoms. The Balaban J connectivity index is 3.03. The lowest BCUT2D eigenvalue weighted by Crippen LogP contribution is -2.04. The third-order valence-electron chi connectivity index (χ3n) is 0.895. The highest BCUT2D eigenvalue weighted by Gasteiger charge is 2.17. The molecule has 1 atom stereocenters. The van der Waals surface area contributed by atoms with Gasteiger partial charge in [-0.25, -0.2) is 0 Å². The molecule has 0 heterocycles. The molecule has 1 N–H and O–H groups in total. The van der Waals surface area contributed by atoms with Crippen LogP contribution in [-0.4, -0.2) is 38.1 Å². The van der Waals surface area contributed by atoms with Crippen molar-refractivity contribution in [3.8, 4) is 0 Å². The molecule has 72 valence electrons. The molecular weight excluding hydrogens is 183 g/mol. The van der Waals surface area contributed by atoms with E-state index in [9.17, 15) is 4.57 Å². The fraction of sp³-hybridized carbons (Fsp3) is 1.00. The van der Waals surface area contributed by atoms with Crippen molar-refractivity contribution in [2.24, 2.45) is 0 Å².